The Bertz CT molecular complexity index is 847. The lowest BCUT2D eigenvalue weighted by atomic mass is 9.53. The van der Waals surface area contributed by atoms with Gasteiger partial charge >= 0.3 is 0 Å². The van der Waals surface area contributed by atoms with Gasteiger partial charge in [-0.15, -0.1) is 0 Å². The van der Waals surface area contributed by atoms with Crippen molar-refractivity contribution in [3.8, 4) is 0 Å². The van der Waals surface area contributed by atoms with E-state index < -0.39 is 0 Å². The lowest BCUT2D eigenvalue weighted by Crippen LogP contribution is -2.59. The van der Waals surface area contributed by atoms with E-state index in [0.29, 0.717) is 0 Å². The predicted octanol–water partition coefficient (Wildman–Crippen LogP) is 4.50. The first-order valence-electron chi connectivity index (χ1n) is 11.1. The molecule has 1 aromatic heterocycles. The van der Waals surface area contributed by atoms with Crippen LogP contribution < -0.4 is 5.32 Å². The number of nitrogens with one attached hydrogen (secondary N) is 1. The molecule has 1 atom stereocenters. The maximum Gasteiger partial charge on any atom is 0.253 e. The molecule has 4 saturated carbocycles. The minimum Gasteiger partial charge on any atom is -0.393 e. The number of aryl methyl sites for hydroxylation is 1. The Hall–Kier alpha value is -1.81. The SMILES string of the molecule is CC(O)CCCn1cc(C(=O)NC23CC4CC(CC(C4)C2)C3)c2ccccc21. The van der Waals surface area contributed by atoms with Gasteiger partial charge in [0.2, 0.25) is 0 Å². The quantitative estimate of drug-likeness (QED) is 0.775. The van der Waals surface area contributed by atoms with E-state index in [2.05, 4.69) is 22.0 Å². The van der Waals surface area contributed by atoms with Crippen molar-refractivity contribution in [2.24, 2.45) is 17.8 Å². The molecular formula is C24H32N2O2. The van der Waals surface area contributed by atoms with E-state index in [4.69, 9.17) is 0 Å². The van der Waals surface area contributed by atoms with Gasteiger partial charge in [-0.2, -0.15) is 0 Å². The number of carbonyl (C=O) groups is 1. The molecule has 4 aliphatic carbocycles. The number of carbonyl (C=O) groups excluding carboxylic acids is 1. The van der Waals surface area contributed by atoms with Gasteiger partial charge in [-0.3, -0.25) is 4.79 Å². The Morgan fingerprint density at radius 2 is 1.82 bits per heavy atom. The average Bonchev–Trinajstić information content (AvgIpc) is 2.99. The van der Waals surface area contributed by atoms with Gasteiger partial charge in [0.25, 0.3) is 5.91 Å². The second-order valence-electron chi connectivity index (χ2n) is 9.90. The van der Waals surface area contributed by atoms with Crippen LogP contribution in [-0.4, -0.2) is 27.2 Å². The maximum atomic E-state index is 13.4. The fourth-order valence-electron chi connectivity index (χ4n) is 6.74. The summed E-state index contributed by atoms with van der Waals surface area (Å²) in [5, 5.41) is 14.1. The number of nitrogens with zero attached hydrogens (tertiary/aromatic N) is 1. The number of fused-ring (bicyclic) bond motifs is 1. The van der Waals surface area contributed by atoms with Crippen molar-refractivity contribution in [3.63, 3.8) is 0 Å². The van der Waals surface area contributed by atoms with Crippen molar-refractivity contribution in [3.05, 3.63) is 36.0 Å². The number of hydrogen-bond acceptors (Lipinski definition) is 2. The number of aromatic nitrogens is 1. The molecule has 4 fully saturated rings. The summed E-state index contributed by atoms with van der Waals surface area (Å²) in [5.74, 6) is 2.59. The van der Waals surface area contributed by atoms with Gasteiger partial charge in [0.1, 0.15) is 0 Å². The molecule has 2 aromatic rings. The van der Waals surface area contributed by atoms with Gasteiger partial charge in [-0.05, 0) is 82.1 Å². The lowest BCUT2D eigenvalue weighted by molar-refractivity contribution is -0.0166. The topological polar surface area (TPSA) is 54.3 Å². The smallest absolute Gasteiger partial charge is 0.253 e. The third kappa shape index (κ3) is 3.26. The summed E-state index contributed by atoms with van der Waals surface area (Å²) in [4.78, 5) is 13.4. The monoisotopic (exact) mass is 380 g/mol. The largest absolute Gasteiger partial charge is 0.393 e. The zero-order valence-corrected chi connectivity index (χ0v) is 16.9. The third-order valence-electron chi connectivity index (χ3n) is 7.47. The molecule has 1 amide bonds. The molecule has 1 heterocycles. The maximum absolute atomic E-state index is 13.4. The second kappa shape index (κ2) is 6.91. The first-order valence-corrected chi connectivity index (χ1v) is 11.1. The number of benzene rings is 1. The summed E-state index contributed by atoms with van der Waals surface area (Å²) in [6.45, 7) is 2.66. The Morgan fingerprint density at radius 3 is 2.46 bits per heavy atom. The van der Waals surface area contributed by atoms with Crippen LogP contribution in [0.15, 0.2) is 30.5 Å². The van der Waals surface area contributed by atoms with E-state index in [1.165, 1.54) is 38.5 Å². The van der Waals surface area contributed by atoms with E-state index in [1.54, 1.807) is 0 Å². The summed E-state index contributed by atoms with van der Waals surface area (Å²) in [6, 6.07) is 8.21. The van der Waals surface area contributed by atoms with Gasteiger partial charge in [0.15, 0.2) is 0 Å². The average molecular weight is 381 g/mol. The van der Waals surface area contributed by atoms with Crippen LogP contribution in [-0.2, 0) is 6.54 Å². The molecule has 4 aliphatic rings. The predicted molar refractivity (Wildman–Crippen MR) is 111 cm³/mol. The van der Waals surface area contributed by atoms with E-state index in [0.717, 1.165) is 53.6 Å². The Labute approximate surface area is 167 Å². The van der Waals surface area contributed by atoms with Crippen molar-refractivity contribution in [1.82, 2.24) is 9.88 Å². The zero-order chi connectivity index (χ0) is 19.3. The lowest BCUT2D eigenvalue weighted by Gasteiger charge is -2.56. The van der Waals surface area contributed by atoms with E-state index in [-0.39, 0.29) is 17.6 Å². The van der Waals surface area contributed by atoms with Crippen LogP contribution in [0.4, 0.5) is 0 Å². The number of rotatable bonds is 6. The van der Waals surface area contributed by atoms with Crippen molar-refractivity contribution in [1.29, 1.82) is 0 Å². The van der Waals surface area contributed by atoms with Crippen LogP contribution in [0.1, 0.15) is 68.6 Å². The number of amides is 1. The van der Waals surface area contributed by atoms with Gasteiger partial charge in [0.05, 0.1) is 11.7 Å². The van der Waals surface area contributed by atoms with Crippen LogP contribution in [0.2, 0.25) is 0 Å². The fourth-order valence-corrected chi connectivity index (χ4v) is 6.74. The van der Waals surface area contributed by atoms with E-state index >= 15 is 0 Å². The summed E-state index contributed by atoms with van der Waals surface area (Å²) in [7, 11) is 0. The highest BCUT2D eigenvalue weighted by Gasteiger charge is 2.51. The molecule has 0 radical (unpaired) electrons. The highest BCUT2D eigenvalue weighted by Crippen LogP contribution is 2.55. The van der Waals surface area contributed by atoms with E-state index in [9.17, 15) is 9.90 Å². The van der Waals surface area contributed by atoms with Gasteiger partial charge < -0.3 is 15.0 Å². The molecule has 6 rings (SSSR count). The number of para-hydroxylation sites is 1. The standard InChI is InChI=1S/C24H32N2O2/c1-16(27)5-4-8-26-15-21(20-6-2-3-7-22(20)26)23(28)25-24-12-17-9-18(13-24)11-19(10-17)14-24/h2-3,6-7,15-19,27H,4-5,8-14H2,1H3,(H,25,28). The summed E-state index contributed by atoms with van der Waals surface area (Å²) >= 11 is 0. The Kier molecular flexibility index (Phi) is 4.50. The third-order valence-corrected chi connectivity index (χ3v) is 7.47. The fraction of sp³-hybridized carbons (Fsp3) is 0.625. The number of aliphatic hydroxyl groups excluding tert-OH is 1. The van der Waals surface area contributed by atoms with Crippen molar-refractivity contribution in [2.45, 2.75) is 76.5 Å². The summed E-state index contributed by atoms with van der Waals surface area (Å²) in [5.41, 5.74) is 1.97. The molecule has 4 bridgehead atoms. The number of hydrogen-bond donors (Lipinski definition) is 2. The normalized spacial score (nSPS) is 32.0. The van der Waals surface area contributed by atoms with Crippen molar-refractivity contribution < 1.29 is 9.90 Å². The van der Waals surface area contributed by atoms with Crippen molar-refractivity contribution >= 4 is 16.8 Å². The second-order valence-corrected chi connectivity index (χ2v) is 9.90. The minimum absolute atomic E-state index is 0.0430. The molecule has 28 heavy (non-hydrogen) atoms. The van der Waals surface area contributed by atoms with E-state index in [1.807, 2.05) is 25.3 Å². The van der Waals surface area contributed by atoms with Gasteiger partial charge in [-0.25, -0.2) is 0 Å². The molecule has 4 nitrogen and oxygen atoms in total. The van der Waals surface area contributed by atoms with Gasteiger partial charge in [-0.1, -0.05) is 18.2 Å². The molecule has 150 valence electrons. The molecular weight excluding hydrogens is 348 g/mol. The van der Waals surface area contributed by atoms with Crippen LogP contribution in [0.25, 0.3) is 10.9 Å². The molecule has 0 aliphatic heterocycles. The first kappa shape index (κ1) is 18.2. The van der Waals surface area contributed by atoms with Gasteiger partial charge in [0, 0.05) is 29.2 Å². The van der Waals surface area contributed by atoms with Crippen LogP contribution in [0.5, 0.6) is 0 Å². The highest BCUT2D eigenvalue weighted by molar-refractivity contribution is 6.07. The molecule has 0 spiro atoms. The Balaban J connectivity index is 1.39. The highest BCUT2D eigenvalue weighted by atomic mass is 16.3. The number of aliphatic hydroxyl groups is 1. The molecule has 1 unspecified atom stereocenters. The minimum atomic E-state index is -0.277. The summed E-state index contributed by atoms with van der Waals surface area (Å²) < 4.78 is 2.19. The molecule has 1 aromatic carbocycles. The molecule has 0 saturated heterocycles. The van der Waals surface area contributed by atoms with Crippen LogP contribution in [0, 0.1) is 17.8 Å². The zero-order valence-electron chi connectivity index (χ0n) is 16.9. The van der Waals surface area contributed by atoms with Crippen LogP contribution in [0.3, 0.4) is 0 Å². The summed E-state index contributed by atoms with van der Waals surface area (Å²) in [6.07, 6.45) is 11.1. The first-order chi connectivity index (χ1) is 13.5. The molecule has 2 N–H and O–H groups in total. The van der Waals surface area contributed by atoms with Crippen molar-refractivity contribution in [2.75, 3.05) is 0 Å². The molecule has 4 heteroatoms. The Morgan fingerprint density at radius 1 is 1.18 bits per heavy atom. The van der Waals surface area contributed by atoms with Crippen LogP contribution >= 0.6 is 0 Å².